The van der Waals surface area contributed by atoms with E-state index in [0.717, 1.165) is 50.2 Å². The highest BCUT2D eigenvalue weighted by atomic mass is 32.2. The van der Waals surface area contributed by atoms with Crippen molar-refractivity contribution in [2.75, 3.05) is 45.1 Å². The van der Waals surface area contributed by atoms with Crippen LogP contribution in [-0.4, -0.2) is 76.4 Å². The zero-order valence-corrected chi connectivity index (χ0v) is 18.2. The summed E-state index contributed by atoms with van der Waals surface area (Å²) >= 11 is 1.51. The van der Waals surface area contributed by atoms with Crippen LogP contribution in [0.1, 0.15) is 24.0 Å². The Morgan fingerprint density at radius 3 is 2.76 bits per heavy atom. The molecule has 0 N–H and O–H groups in total. The maximum absolute atomic E-state index is 12.7. The lowest BCUT2D eigenvalue weighted by molar-refractivity contribution is -0.130. The van der Waals surface area contributed by atoms with Crippen LogP contribution < -0.4 is 0 Å². The molecule has 2 saturated heterocycles. The number of carbonyl (C=O) groups is 1. The second-order valence-electron chi connectivity index (χ2n) is 7.95. The zero-order chi connectivity index (χ0) is 20.2. The Morgan fingerprint density at radius 1 is 1.21 bits per heavy atom. The fourth-order valence-corrected chi connectivity index (χ4v) is 4.82. The van der Waals surface area contributed by atoms with Gasteiger partial charge in [-0.1, -0.05) is 17.8 Å². The first-order chi connectivity index (χ1) is 14.1. The molecular formula is C22H30N4O2S. The van der Waals surface area contributed by atoms with Gasteiger partial charge in [0.2, 0.25) is 5.91 Å². The molecule has 7 heteroatoms. The largest absolute Gasteiger partial charge is 0.377 e. The van der Waals surface area contributed by atoms with Crippen LogP contribution in [-0.2, 0) is 9.53 Å². The summed E-state index contributed by atoms with van der Waals surface area (Å²) in [5.74, 6) is 0.620. The molecule has 1 amide bonds. The first-order valence-corrected chi connectivity index (χ1v) is 11.4. The van der Waals surface area contributed by atoms with E-state index >= 15 is 0 Å². The van der Waals surface area contributed by atoms with Gasteiger partial charge in [-0.25, -0.2) is 4.98 Å². The zero-order valence-electron chi connectivity index (χ0n) is 17.3. The van der Waals surface area contributed by atoms with Gasteiger partial charge in [-0.05, 0) is 49.9 Å². The average molecular weight is 415 g/mol. The van der Waals surface area contributed by atoms with Crippen LogP contribution in [0.2, 0.25) is 0 Å². The molecule has 2 aromatic rings. The Kier molecular flexibility index (Phi) is 6.57. The average Bonchev–Trinajstić information content (AvgIpc) is 3.41. The van der Waals surface area contributed by atoms with E-state index in [9.17, 15) is 4.79 Å². The first kappa shape index (κ1) is 20.4. The normalized spacial score (nSPS) is 20.3. The molecule has 0 bridgehead atoms. The van der Waals surface area contributed by atoms with E-state index in [-0.39, 0.29) is 5.91 Å². The van der Waals surface area contributed by atoms with Gasteiger partial charge in [0.25, 0.3) is 0 Å². The molecule has 2 aliphatic rings. The van der Waals surface area contributed by atoms with Crippen LogP contribution in [0.4, 0.5) is 0 Å². The number of benzene rings is 1. The number of thioether (sulfide) groups is 1. The molecule has 2 fully saturated rings. The van der Waals surface area contributed by atoms with E-state index in [2.05, 4.69) is 46.5 Å². The summed E-state index contributed by atoms with van der Waals surface area (Å²) in [6, 6.07) is 6.39. The minimum atomic E-state index is 0.196. The highest BCUT2D eigenvalue weighted by Gasteiger charge is 2.25. The lowest BCUT2D eigenvalue weighted by Gasteiger charge is -2.35. The van der Waals surface area contributed by atoms with Crippen LogP contribution >= 0.6 is 11.8 Å². The molecule has 1 atom stereocenters. The number of rotatable bonds is 6. The number of hydrogen-bond acceptors (Lipinski definition) is 5. The van der Waals surface area contributed by atoms with E-state index in [1.807, 2.05) is 11.1 Å². The molecule has 3 heterocycles. The number of amides is 1. The summed E-state index contributed by atoms with van der Waals surface area (Å²) in [4.78, 5) is 21.6. The molecule has 1 unspecified atom stereocenters. The highest BCUT2D eigenvalue weighted by Crippen LogP contribution is 2.23. The summed E-state index contributed by atoms with van der Waals surface area (Å²) in [5, 5.41) is 0.860. The number of aromatic nitrogens is 2. The van der Waals surface area contributed by atoms with Gasteiger partial charge in [0.15, 0.2) is 5.16 Å². The Balaban J connectivity index is 1.28. The maximum atomic E-state index is 12.7. The number of imidazole rings is 1. The molecule has 29 heavy (non-hydrogen) atoms. The molecule has 0 aliphatic carbocycles. The fraction of sp³-hybridized carbons (Fsp3) is 0.545. The third kappa shape index (κ3) is 5.02. The van der Waals surface area contributed by atoms with E-state index in [1.54, 1.807) is 6.20 Å². The Labute approximate surface area is 177 Å². The minimum Gasteiger partial charge on any atom is -0.377 e. The van der Waals surface area contributed by atoms with Crippen LogP contribution in [0.15, 0.2) is 35.7 Å². The van der Waals surface area contributed by atoms with E-state index in [1.165, 1.54) is 35.7 Å². The van der Waals surface area contributed by atoms with Crippen molar-refractivity contribution in [3.63, 3.8) is 0 Å². The van der Waals surface area contributed by atoms with Crippen molar-refractivity contribution < 1.29 is 9.53 Å². The standard InChI is InChI=1S/C22H30N4O2S/c1-17-5-6-19(14-18(17)2)26-8-7-23-22(26)29-16-21(27)25-11-9-24(10-12-25)15-20-4-3-13-28-20/h5-8,14,20H,3-4,9-13,15-16H2,1-2H3. The molecule has 0 spiro atoms. The Hall–Kier alpha value is -1.83. The molecule has 1 aromatic carbocycles. The van der Waals surface area contributed by atoms with E-state index in [0.29, 0.717) is 11.9 Å². The smallest absolute Gasteiger partial charge is 0.233 e. The number of piperazine rings is 1. The minimum absolute atomic E-state index is 0.196. The predicted molar refractivity (Wildman–Crippen MR) is 116 cm³/mol. The summed E-state index contributed by atoms with van der Waals surface area (Å²) in [5.41, 5.74) is 3.62. The second-order valence-corrected chi connectivity index (χ2v) is 8.90. The van der Waals surface area contributed by atoms with Gasteiger partial charge in [-0.15, -0.1) is 0 Å². The van der Waals surface area contributed by atoms with Crippen molar-refractivity contribution in [3.05, 3.63) is 41.7 Å². The monoisotopic (exact) mass is 414 g/mol. The lowest BCUT2D eigenvalue weighted by atomic mass is 10.1. The predicted octanol–water partition coefficient (Wildman–Crippen LogP) is 2.90. The number of hydrogen-bond donors (Lipinski definition) is 0. The fourth-order valence-electron chi connectivity index (χ4n) is 3.94. The van der Waals surface area contributed by atoms with Crippen molar-refractivity contribution in [3.8, 4) is 5.69 Å². The number of ether oxygens (including phenoxy) is 1. The molecule has 6 nitrogen and oxygen atoms in total. The van der Waals surface area contributed by atoms with Crippen LogP contribution in [0.3, 0.4) is 0 Å². The molecule has 156 valence electrons. The molecule has 4 rings (SSSR count). The van der Waals surface area contributed by atoms with Gasteiger partial charge in [-0.2, -0.15) is 0 Å². The summed E-state index contributed by atoms with van der Waals surface area (Å²) < 4.78 is 7.80. The lowest BCUT2D eigenvalue weighted by Crippen LogP contribution is -2.50. The van der Waals surface area contributed by atoms with E-state index < -0.39 is 0 Å². The Morgan fingerprint density at radius 2 is 2.03 bits per heavy atom. The van der Waals surface area contributed by atoms with Gasteiger partial charge in [-0.3, -0.25) is 14.3 Å². The van der Waals surface area contributed by atoms with Gasteiger partial charge in [0.1, 0.15) is 0 Å². The molecule has 0 saturated carbocycles. The van der Waals surface area contributed by atoms with Crippen LogP contribution in [0, 0.1) is 13.8 Å². The topological polar surface area (TPSA) is 50.6 Å². The van der Waals surface area contributed by atoms with Crippen molar-refractivity contribution in [2.45, 2.75) is 37.9 Å². The number of nitrogens with zero attached hydrogens (tertiary/aromatic N) is 4. The highest BCUT2D eigenvalue weighted by molar-refractivity contribution is 7.99. The van der Waals surface area contributed by atoms with Gasteiger partial charge < -0.3 is 9.64 Å². The van der Waals surface area contributed by atoms with Crippen molar-refractivity contribution in [2.24, 2.45) is 0 Å². The molecule has 1 aromatic heterocycles. The second kappa shape index (κ2) is 9.32. The van der Waals surface area contributed by atoms with Crippen molar-refractivity contribution >= 4 is 17.7 Å². The summed E-state index contributed by atoms with van der Waals surface area (Å²) in [6.45, 7) is 9.62. The number of carbonyl (C=O) groups excluding carboxylic acids is 1. The van der Waals surface area contributed by atoms with Crippen LogP contribution in [0.25, 0.3) is 5.69 Å². The SMILES string of the molecule is Cc1ccc(-n2ccnc2SCC(=O)N2CCN(CC3CCCO3)CC2)cc1C. The van der Waals surface area contributed by atoms with Gasteiger partial charge in [0, 0.05) is 57.4 Å². The molecular weight excluding hydrogens is 384 g/mol. The summed E-state index contributed by atoms with van der Waals surface area (Å²) in [7, 11) is 0. The van der Waals surface area contributed by atoms with E-state index in [4.69, 9.17) is 4.74 Å². The molecule has 2 aliphatic heterocycles. The molecule has 0 radical (unpaired) electrons. The van der Waals surface area contributed by atoms with Gasteiger partial charge in [0.05, 0.1) is 11.9 Å². The van der Waals surface area contributed by atoms with Crippen molar-refractivity contribution in [1.29, 1.82) is 0 Å². The van der Waals surface area contributed by atoms with Crippen molar-refractivity contribution in [1.82, 2.24) is 19.4 Å². The van der Waals surface area contributed by atoms with Gasteiger partial charge >= 0.3 is 0 Å². The third-order valence-corrected chi connectivity index (χ3v) is 6.86. The summed E-state index contributed by atoms with van der Waals surface area (Å²) in [6.07, 6.45) is 6.49. The quantitative estimate of drug-likeness (QED) is 0.681. The first-order valence-electron chi connectivity index (χ1n) is 10.5. The maximum Gasteiger partial charge on any atom is 0.233 e. The Bertz CT molecular complexity index is 839. The number of aryl methyl sites for hydroxylation is 2. The third-order valence-electron chi connectivity index (χ3n) is 5.91. The van der Waals surface area contributed by atoms with Crippen LogP contribution in [0.5, 0.6) is 0 Å².